The molecule has 0 aliphatic carbocycles. The Labute approximate surface area is 195 Å². The highest BCUT2D eigenvalue weighted by Gasteiger charge is 2.27. The van der Waals surface area contributed by atoms with Crippen molar-refractivity contribution in [3.05, 3.63) is 76.7 Å². The number of carbonyl (C=O) groups is 1. The molecule has 0 bridgehead atoms. The van der Waals surface area contributed by atoms with Gasteiger partial charge in [0, 0.05) is 24.0 Å². The average molecular weight is 489 g/mol. The van der Waals surface area contributed by atoms with Crippen LogP contribution in [0.5, 0.6) is 11.5 Å². The normalized spacial score (nSPS) is 14.9. The van der Waals surface area contributed by atoms with Crippen molar-refractivity contribution in [3.8, 4) is 11.5 Å². The van der Waals surface area contributed by atoms with Crippen LogP contribution in [0.25, 0.3) is 6.08 Å². The molecule has 4 rings (SSSR count). The number of hydrogen-bond acceptors (Lipinski definition) is 6. The molecule has 0 radical (unpaired) electrons. The van der Waals surface area contributed by atoms with Gasteiger partial charge in [0.15, 0.2) is 5.75 Å². The minimum atomic E-state index is -3.78. The molecule has 0 atom stereocenters. The predicted molar refractivity (Wildman–Crippen MR) is 124 cm³/mol. The maximum absolute atomic E-state index is 13.2. The third-order valence-electron chi connectivity index (χ3n) is 4.80. The molecule has 1 fully saturated rings. The van der Waals surface area contributed by atoms with E-state index in [1.807, 2.05) is 17.5 Å². The van der Waals surface area contributed by atoms with Crippen LogP contribution in [0.1, 0.15) is 4.88 Å². The summed E-state index contributed by atoms with van der Waals surface area (Å²) in [4.78, 5) is 13.5. The molecule has 1 saturated heterocycles. The summed E-state index contributed by atoms with van der Waals surface area (Å²) in [6.45, 7) is 1.15. The van der Waals surface area contributed by atoms with Crippen molar-refractivity contribution < 1.29 is 27.1 Å². The molecule has 1 aliphatic heterocycles. The number of sulfonamides is 1. The molecule has 0 saturated carbocycles. The van der Waals surface area contributed by atoms with Crippen molar-refractivity contribution in [2.45, 2.75) is 4.90 Å². The summed E-state index contributed by atoms with van der Waals surface area (Å²) in [5.74, 6) is -0.306. The number of benzene rings is 2. The van der Waals surface area contributed by atoms with E-state index in [4.69, 9.17) is 9.47 Å². The Morgan fingerprint density at radius 2 is 1.88 bits per heavy atom. The smallest absolute Gasteiger partial charge is 0.248 e. The molecule has 2 heterocycles. The Morgan fingerprint density at radius 3 is 2.58 bits per heavy atom. The quantitative estimate of drug-likeness (QED) is 0.500. The lowest BCUT2D eigenvalue weighted by Crippen LogP contribution is -2.40. The molecule has 7 nitrogen and oxygen atoms in total. The summed E-state index contributed by atoms with van der Waals surface area (Å²) >= 11 is 1.48. The Morgan fingerprint density at radius 1 is 1.12 bits per heavy atom. The second-order valence-corrected chi connectivity index (χ2v) is 9.99. The predicted octanol–water partition coefficient (Wildman–Crippen LogP) is 4.35. The number of nitrogens with zero attached hydrogens (tertiary/aromatic N) is 1. The highest BCUT2D eigenvalue weighted by Crippen LogP contribution is 2.33. The zero-order valence-corrected chi connectivity index (χ0v) is 19.1. The highest BCUT2D eigenvalue weighted by atomic mass is 32.2. The largest absolute Gasteiger partial charge is 0.455 e. The van der Waals surface area contributed by atoms with E-state index >= 15 is 0 Å². The number of rotatable bonds is 7. The van der Waals surface area contributed by atoms with Crippen molar-refractivity contribution in [1.29, 1.82) is 0 Å². The van der Waals surface area contributed by atoms with Gasteiger partial charge in [0.25, 0.3) is 0 Å². The molecule has 0 spiro atoms. The number of thiophene rings is 1. The van der Waals surface area contributed by atoms with Crippen molar-refractivity contribution >= 4 is 39.0 Å². The molecule has 10 heteroatoms. The summed E-state index contributed by atoms with van der Waals surface area (Å²) < 4.78 is 51.8. The standard InChI is InChI=1S/C23H21FN2O5S2/c24-17-3-5-18(6-4-17)31-22-9-8-20(33(28,29)26-11-13-30-14-12-26)16-21(22)25-23(27)10-7-19-2-1-15-32-19/h1-10,15-16H,11-14H2,(H,25,27)/b10-7+. The fourth-order valence-electron chi connectivity index (χ4n) is 3.14. The van der Waals surface area contributed by atoms with Gasteiger partial charge in [0.05, 0.1) is 23.8 Å². The zero-order valence-electron chi connectivity index (χ0n) is 17.4. The third kappa shape index (κ3) is 5.85. The van der Waals surface area contributed by atoms with Crippen LogP contribution in [0.2, 0.25) is 0 Å². The van der Waals surface area contributed by atoms with E-state index in [1.165, 1.54) is 64.2 Å². The number of anilines is 1. The Hall–Kier alpha value is -3.05. The number of ether oxygens (including phenoxy) is 2. The molecular formula is C23H21FN2O5S2. The molecule has 1 aromatic heterocycles. The number of amides is 1. The molecule has 172 valence electrons. The molecule has 2 aromatic carbocycles. The van der Waals surface area contributed by atoms with Crippen LogP contribution in [0.3, 0.4) is 0 Å². The number of nitrogens with one attached hydrogen (secondary N) is 1. The molecular weight excluding hydrogens is 467 g/mol. The first-order valence-corrected chi connectivity index (χ1v) is 12.4. The van der Waals surface area contributed by atoms with Gasteiger partial charge in [0.2, 0.25) is 15.9 Å². The van der Waals surface area contributed by atoms with Gasteiger partial charge in [-0.3, -0.25) is 4.79 Å². The molecule has 33 heavy (non-hydrogen) atoms. The summed E-state index contributed by atoms with van der Waals surface area (Å²) in [6.07, 6.45) is 3.02. The van der Waals surface area contributed by atoms with Crippen LogP contribution in [0.4, 0.5) is 10.1 Å². The van der Waals surface area contributed by atoms with Crippen LogP contribution in [0.15, 0.2) is 70.9 Å². The number of morpholine rings is 1. The summed E-state index contributed by atoms with van der Waals surface area (Å²) in [7, 11) is -3.78. The maximum atomic E-state index is 13.2. The van der Waals surface area contributed by atoms with E-state index in [2.05, 4.69) is 5.32 Å². The van der Waals surface area contributed by atoms with Crippen LogP contribution in [0, 0.1) is 5.82 Å². The second-order valence-electron chi connectivity index (χ2n) is 7.07. The summed E-state index contributed by atoms with van der Waals surface area (Å²) in [5, 5.41) is 4.59. The fourth-order valence-corrected chi connectivity index (χ4v) is 5.19. The van der Waals surface area contributed by atoms with E-state index in [1.54, 1.807) is 6.08 Å². The van der Waals surface area contributed by atoms with E-state index in [-0.39, 0.29) is 29.4 Å². The van der Waals surface area contributed by atoms with Gasteiger partial charge in [0.1, 0.15) is 11.6 Å². The lowest BCUT2D eigenvalue weighted by Gasteiger charge is -2.26. The molecule has 1 aliphatic rings. The van der Waals surface area contributed by atoms with Gasteiger partial charge in [-0.15, -0.1) is 11.3 Å². The van der Waals surface area contributed by atoms with Crippen molar-refractivity contribution in [2.75, 3.05) is 31.6 Å². The van der Waals surface area contributed by atoms with Crippen molar-refractivity contribution in [1.82, 2.24) is 4.31 Å². The molecule has 3 aromatic rings. The van der Waals surface area contributed by atoms with E-state index in [9.17, 15) is 17.6 Å². The van der Waals surface area contributed by atoms with Crippen LogP contribution < -0.4 is 10.1 Å². The number of carbonyl (C=O) groups excluding carboxylic acids is 1. The minimum Gasteiger partial charge on any atom is -0.455 e. The Kier molecular flexibility index (Phi) is 7.19. The lowest BCUT2D eigenvalue weighted by molar-refractivity contribution is -0.111. The summed E-state index contributed by atoms with van der Waals surface area (Å²) in [5.41, 5.74) is 0.175. The monoisotopic (exact) mass is 488 g/mol. The topological polar surface area (TPSA) is 84.9 Å². The highest BCUT2D eigenvalue weighted by molar-refractivity contribution is 7.89. The summed E-state index contributed by atoms with van der Waals surface area (Å²) in [6, 6.07) is 13.4. The lowest BCUT2D eigenvalue weighted by atomic mass is 10.2. The van der Waals surface area contributed by atoms with Crippen molar-refractivity contribution in [3.63, 3.8) is 0 Å². The number of halogens is 1. The first kappa shape index (κ1) is 23.1. The van der Waals surface area contributed by atoms with Gasteiger partial charge in [-0.1, -0.05) is 6.07 Å². The second kappa shape index (κ2) is 10.3. The van der Waals surface area contributed by atoms with Crippen LogP contribution in [-0.2, 0) is 19.6 Å². The van der Waals surface area contributed by atoms with Crippen molar-refractivity contribution in [2.24, 2.45) is 0 Å². The molecule has 1 N–H and O–H groups in total. The zero-order chi connectivity index (χ0) is 23.3. The number of hydrogen-bond donors (Lipinski definition) is 1. The first-order valence-electron chi connectivity index (χ1n) is 10.1. The first-order chi connectivity index (χ1) is 15.9. The average Bonchev–Trinajstić information content (AvgIpc) is 3.34. The van der Waals surface area contributed by atoms with E-state index in [0.717, 1.165) is 4.88 Å². The molecule has 1 amide bonds. The van der Waals surface area contributed by atoms with E-state index in [0.29, 0.717) is 19.0 Å². The van der Waals surface area contributed by atoms with E-state index < -0.39 is 21.7 Å². The van der Waals surface area contributed by atoms with Gasteiger partial charge in [-0.2, -0.15) is 4.31 Å². The molecule has 0 unspecified atom stereocenters. The van der Waals surface area contributed by atoms with Gasteiger partial charge in [-0.25, -0.2) is 12.8 Å². The van der Waals surface area contributed by atoms with Crippen LogP contribution >= 0.6 is 11.3 Å². The van der Waals surface area contributed by atoms with Crippen LogP contribution in [-0.4, -0.2) is 44.9 Å². The van der Waals surface area contributed by atoms with Gasteiger partial charge < -0.3 is 14.8 Å². The van der Waals surface area contributed by atoms with Gasteiger partial charge >= 0.3 is 0 Å². The fraction of sp³-hybridized carbons (Fsp3) is 0.174. The Balaban J connectivity index is 1.63. The third-order valence-corrected chi connectivity index (χ3v) is 7.53. The Bertz CT molecular complexity index is 1240. The minimum absolute atomic E-state index is 0.0217. The van der Waals surface area contributed by atoms with Gasteiger partial charge in [-0.05, 0) is 60.0 Å². The maximum Gasteiger partial charge on any atom is 0.248 e. The SMILES string of the molecule is O=C(/C=C/c1cccs1)Nc1cc(S(=O)(=O)N2CCOCC2)ccc1Oc1ccc(F)cc1.